The first-order chi connectivity index (χ1) is 15.9. The van der Waals surface area contributed by atoms with Gasteiger partial charge < -0.3 is 9.63 Å². The number of hydrogen-bond donors (Lipinski definition) is 1. The van der Waals surface area contributed by atoms with Crippen molar-refractivity contribution in [1.29, 1.82) is 0 Å². The van der Waals surface area contributed by atoms with Crippen LogP contribution in [0.3, 0.4) is 0 Å². The van der Waals surface area contributed by atoms with E-state index >= 15 is 0 Å². The van der Waals surface area contributed by atoms with E-state index in [4.69, 9.17) is 26.0 Å². The molecule has 33 heavy (non-hydrogen) atoms. The molecule has 7 nitrogen and oxygen atoms in total. The summed E-state index contributed by atoms with van der Waals surface area (Å²) < 4.78 is 5.29. The number of rotatable bonds is 6. The van der Waals surface area contributed by atoms with Gasteiger partial charge in [-0.2, -0.15) is 4.98 Å². The highest BCUT2D eigenvalue weighted by Gasteiger charge is 2.25. The van der Waals surface area contributed by atoms with Gasteiger partial charge in [0.15, 0.2) is 0 Å². The molecular formula is C25H30ClN3O4. The predicted octanol–water partition coefficient (Wildman–Crippen LogP) is 5.90. The molecule has 1 amide bonds. The summed E-state index contributed by atoms with van der Waals surface area (Å²) in [4.78, 5) is 27.0. The van der Waals surface area contributed by atoms with Crippen LogP contribution < -0.4 is 4.90 Å². The maximum absolute atomic E-state index is 12.9. The topological polar surface area (TPSA) is 96.5 Å². The number of carbonyl (C=O) groups is 2. The Labute approximate surface area is 199 Å². The number of nitrogens with zero attached hydrogens (tertiary/aromatic N) is 3. The summed E-state index contributed by atoms with van der Waals surface area (Å²) in [6.45, 7) is 5.75. The van der Waals surface area contributed by atoms with Gasteiger partial charge in [0.1, 0.15) is 0 Å². The molecule has 0 aliphatic heterocycles. The van der Waals surface area contributed by atoms with E-state index in [9.17, 15) is 4.79 Å². The number of amides is 1. The third-order valence-corrected chi connectivity index (χ3v) is 4.98. The molecule has 0 radical (unpaired) electrons. The minimum absolute atomic E-state index is 0.0503. The Balaban J connectivity index is 0.000000688. The summed E-state index contributed by atoms with van der Waals surface area (Å²) in [6.07, 6.45) is 5.40. The quantitative estimate of drug-likeness (QED) is 0.355. The summed E-state index contributed by atoms with van der Waals surface area (Å²) in [5.41, 5.74) is 1.80. The zero-order valence-corrected chi connectivity index (χ0v) is 20.1. The Kier molecular flexibility index (Phi) is 12.8. The summed E-state index contributed by atoms with van der Waals surface area (Å²) in [5, 5.41) is 11.4. The molecule has 1 aromatic heterocycles. The highest BCUT2D eigenvalue weighted by molar-refractivity contribution is 6.33. The van der Waals surface area contributed by atoms with E-state index in [2.05, 4.69) is 10.1 Å². The third kappa shape index (κ3) is 8.90. The molecule has 0 spiro atoms. The molecule has 176 valence electrons. The fraction of sp³-hybridized carbons (Fsp3) is 0.280. The average Bonchev–Trinajstić information content (AvgIpc) is 3.33. The van der Waals surface area contributed by atoms with Gasteiger partial charge >= 0.3 is 6.01 Å². The van der Waals surface area contributed by atoms with E-state index in [0.29, 0.717) is 22.8 Å². The summed E-state index contributed by atoms with van der Waals surface area (Å²) >= 11 is 6.17. The van der Waals surface area contributed by atoms with E-state index in [0.717, 1.165) is 12.0 Å². The number of aromatic nitrogens is 2. The summed E-state index contributed by atoms with van der Waals surface area (Å²) in [5.74, 6) is 0.158. The summed E-state index contributed by atoms with van der Waals surface area (Å²) in [6, 6.07) is 17.4. The molecule has 0 saturated heterocycles. The predicted molar refractivity (Wildman–Crippen MR) is 131 cm³/mol. The lowest BCUT2D eigenvalue weighted by atomic mass is 9.96. The maximum Gasteiger partial charge on any atom is 0.330 e. The molecule has 0 aliphatic carbocycles. The van der Waals surface area contributed by atoms with E-state index in [-0.39, 0.29) is 24.3 Å². The van der Waals surface area contributed by atoms with Gasteiger partial charge in [0.25, 0.3) is 6.47 Å². The number of allylic oxidation sites excluding steroid dienone is 2. The van der Waals surface area contributed by atoms with E-state index in [1.54, 1.807) is 13.1 Å². The average molecular weight is 472 g/mol. The molecule has 1 unspecified atom stereocenters. The minimum Gasteiger partial charge on any atom is -0.483 e. The molecular weight excluding hydrogens is 442 g/mol. The van der Waals surface area contributed by atoms with Crippen LogP contribution in [0.1, 0.15) is 32.8 Å². The molecule has 0 aliphatic rings. The van der Waals surface area contributed by atoms with Crippen LogP contribution in [0, 0.1) is 5.92 Å². The van der Waals surface area contributed by atoms with Gasteiger partial charge in [-0.3, -0.25) is 14.5 Å². The largest absolute Gasteiger partial charge is 0.483 e. The lowest BCUT2D eigenvalue weighted by molar-refractivity contribution is -0.123. The molecule has 0 saturated carbocycles. The molecule has 1 atom stereocenters. The Morgan fingerprint density at radius 3 is 2.24 bits per heavy atom. The van der Waals surface area contributed by atoms with Gasteiger partial charge in [-0.1, -0.05) is 78.3 Å². The van der Waals surface area contributed by atoms with Crippen molar-refractivity contribution in [3.05, 3.63) is 77.3 Å². The molecule has 1 N–H and O–H groups in total. The van der Waals surface area contributed by atoms with Crippen molar-refractivity contribution in [3.8, 4) is 11.4 Å². The van der Waals surface area contributed by atoms with Crippen LogP contribution in [0.15, 0.2) is 71.3 Å². The van der Waals surface area contributed by atoms with Gasteiger partial charge in [-0.05, 0) is 44.4 Å². The van der Waals surface area contributed by atoms with Crippen LogP contribution in [0.4, 0.5) is 6.01 Å². The number of halogens is 1. The first-order valence-corrected chi connectivity index (χ1v) is 10.9. The molecule has 0 bridgehead atoms. The van der Waals surface area contributed by atoms with Crippen molar-refractivity contribution in [3.63, 3.8) is 0 Å². The third-order valence-electron chi connectivity index (χ3n) is 4.65. The van der Waals surface area contributed by atoms with Gasteiger partial charge in [0.2, 0.25) is 11.7 Å². The number of carboxylic acid groups (broad SMARTS) is 1. The van der Waals surface area contributed by atoms with Crippen molar-refractivity contribution in [2.45, 2.75) is 33.6 Å². The Hall–Kier alpha value is -3.45. The zero-order valence-electron chi connectivity index (χ0n) is 19.3. The van der Waals surface area contributed by atoms with Gasteiger partial charge in [0.05, 0.1) is 5.02 Å². The number of benzene rings is 2. The van der Waals surface area contributed by atoms with Crippen molar-refractivity contribution in [2.24, 2.45) is 5.92 Å². The fourth-order valence-electron chi connectivity index (χ4n) is 2.78. The number of carbonyl (C=O) groups excluding carboxylic acids is 1. The Morgan fingerprint density at radius 2 is 1.70 bits per heavy atom. The second-order valence-electron chi connectivity index (χ2n) is 6.84. The van der Waals surface area contributed by atoms with Crippen molar-refractivity contribution < 1.29 is 19.2 Å². The Morgan fingerprint density at radius 1 is 1.12 bits per heavy atom. The SMILES string of the molecule is C/C=C\C.CCC(Cc1ccccc1)C(=O)N(C)c1nc(-c2ccccc2Cl)no1.O=CO. The first-order valence-electron chi connectivity index (χ1n) is 10.5. The second-order valence-corrected chi connectivity index (χ2v) is 7.25. The van der Waals surface area contributed by atoms with E-state index < -0.39 is 0 Å². The smallest absolute Gasteiger partial charge is 0.330 e. The summed E-state index contributed by atoms with van der Waals surface area (Å²) in [7, 11) is 1.65. The molecule has 0 fully saturated rings. The Bertz CT molecular complexity index is 1000. The van der Waals surface area contributed by atoms with Crippen LogP contribution in [0.25, 0.3) is 11.4 Å². The van der Waals surface area contributed by atoms with Gasteiger partial charge in [0, 0.05) is 18.5 Å². The van der Waals surface area contributed by atoms with Crippen LogP contribution >= 0.6 is 11.6 Å². The standard InChI is InChI=1S/C20H20ClN3O2.C4H8.CH2O2/c1-3-15(13-14-9-5-4-6-10-14)19(25)24(2)20-22-18(23-26-20)16-11-7-8-12-17(16)21;1-3-4-2;2-1-3/h4-12,15H,3,13H2,1-2H3;3-4H,1-2H3;1H,(H,2,3)/b;4-3-;. The van der Waals surface area contributed by atoms with Crippen LogP contribution in [0.2, 0.25) is 5.02 Å². The molecule has 2 aromatic carbocycles. The van der Waals surface area contributed by atoms with Crippen LogP contribution in [-0.2, 0) is 16.0 Å². The highest BCUT2D eigenvalue weighted by Crippen LogP contribution is 2.27. The fourth-order valence-corrected chi connectivity index (χ4v) is 3.00. The zero-order chi connectivity index (χ0) is 24.6. The lowest BCUT2D eigenvalue weighted by Gasteiger charge is -2.19. The number of anilines is 1. The van der Waals surface area contributed by atoms with Crippen molar-refractivity contribution in [2.75, 3.05) is 11.9 Å². The van der Waals surface area contributed by atoms with Crippen LogP contribution in [-0.4, -0.2) is 34.7 Å². The van der Waals surface area contributed by atoms with Gasteiger partial charge in [-0.25, -0.2) is 0 Å². The number of hydrogen-bond acceptors (Lipinski definition) is 5. The van der Waals surface area contributed by atoms with Crippen LogP contribution in [0.5, 0.6) is 0 Å². The van der Waals surface area contributed by atoms with Gasteiger partial charge in [-0.15, -0.1) is 0 Å². The lowest BCUT2D eigenvalue weighted by Crippen LogP contribution is -2.34. The molecule has 1 heterocycles. The first kappa shape index (κ1) is 27.6. The molecule has 3 aromatic rings. The molecule has 3 rings (SSSR count). The van der Waals surface area contributed by atoms with E-state index in [1.165, 1.54) is 4.90 Å². The van der Waals surface area contributed by atoms with E-state index in [1.807, 2.05) is 81.5 Å². The molecule has 8 heteroatoms. The highest BCUT2D eigenvalue weighted by atomic mass is 35.5. The second kappa shape index (κ2) is 15.4. The van der Waals surface area contributed by atoms with Crippen molar-refractivity contribution in [1.82, 2.24) is 10.1 Å². The minimum atomic E-state index is -0.250. The monoisotopic (exact) mass is 471 g/mol. The van der Waals surface area contributed by atoms with Crippen molar-refractivity contribution >= 4 is 30.0 Å². The normalized spacial score (nSPS) is 10.9. The maximum atomic E-state index is 12.9.